The molecule has 0 saturated carbocycles. The molecular weight excluding hydrogens is 256 g/mol. The first-order valence-corrected chi connectivity index (χ1v) is 8.78. The third kappa shape index (κ3) is 3.26. The van der Waals surface area contributed by atoms with Gasteiger partial charge in [-0.05, 0) is 69.2 Å². The second-order valence-corrected chi connectivity index (χ2v) is 7.16. The molecule has 1 aromatic carbocycles. The lowest BCUT2D eigenvalue weighted by molar-refractivity contribution is 0.187. The number of rotatable bonds is 4. The van der Waals surface area contributed by atoms with Crippen molar-refractivity contribution in [1.29, 1.82) is 0 Å². The summed E-state index contributed by atoms with van der Waals surface area (Å²) in [6.07, 6.45) is 7.96. The minimum Gasteiger partial charge on any atom is -0.371 e. The summed E-state index contributed by atoms with van der Waals surface area (Å²) < 4.78 is 0. The molecule has 0 spiro atoms. The van der Waals surface area contributed by atoms with Crippen LogP contribution in [0.2, 0.25) is 0 Å². The predicted molar refractivity (Wildman–Crippen MR) is 91.2 cm³/mol. The van der Waals surface area contributed by atoms with E-state index in [0.29, 0.717) is 5.41 Å². The van der Waals surface area contributed by atoms with E-state index in [4.69, 9.17) is 0 Å². The fraction of sp³-hybridized carbons (Fsp3) is 0.684. The van der Waals surface area contributed by atoms with E-state index in [1.165, 1.54) is 76.0 Å². The van der Waals surface area contributed by atoms with E-state index < -0.39 is 0 Å². The summed E-state index contributed by atoms with van der Waals surface area (Å²) in [4.78, 5) is 2.69. The van der Waals surface area contributed by atoms with Crippen LogP contribution in [-0.2, 0) is 6.42 Å². The monoisotopic (exact) mass is 286 g/mol. The van der Waals surface area contributed by atoms with E-state index in [1.807, 2.05) is 0 Å². The first-order chi connectivity index (χ1) is 10.2. The zero-order valence-corrected chi connectivity index (χ0v) is 13.8. The average molecular weight is 286 g/mol. The van der Waals surface area contributed by atoms with Crippen molar-refractivity contribution in [1.82, 2.24) is 5.32 Å². The number of nitrogens with one attached hydrogen (secondary N) is 1. The zero-order chi connectivity index (χ0) is 14.7. The summed E-state index contributed by atoms with van der Waals surface area (Å²) >= 11 is 0. The van der Waals surface area contributed by atoms with Gasteiger partial charge in [-0.25, -0.2) is 0 Å². The van der Waals surface area contributed by atoms with E-state index in [9.17, 15) is 0 Å². The Hall–Kier alpha value is -1.02. The van der Waals surface area contributed by atoms with E-state index in [-0.39, 0.29) is 0 Å². The van der Waals surface area contributed by atoms with Crippen molar-refractivity contribution in [2.45, 2.75) is 52.4 Å². The number of piperidine rings is 1. The molecule has 0 radical (unpaired) electrons. The molecular formula is C19H30N2. The van der Waals surface area contributed by atoms with Crippen LogP contribution in [0.5, 0.6) is 0 Å². The Bertz CT molecular complexity index is 469. The summed E-state index contributed by atoms with van der Waals surface area (Å²) in [6, 6.07) is 7.05. The van der Waals surface area contributed by atoms with Crippen LogP contribution >= 0.6 is 0 Å². The van der Waals surface area contributed by atoms with Crippen molar-refractivity contribution in [3.63, 3.8) is 0 Å². The van der Waals surface area contributed by atoms with E-state index >= 15 is 0 Å². The molecule has 2 heteroatoms. The third-order valence-electron chi connectivity index (χ3n) is 5.42. The third-order valence-corrected chi connectivity index (χ3v) is 5.42. The van der Waals surface area contributed by atoms with Gasteiger partial charge in [0.05, 0.1) is 0 Å². The standard InChI is InChI=1S/C19H30N2/c1-3-8-19(9-11-20-12-10-19)15-21-13-4-5-17-14-16(2)6-7-18(17)21/h6-7,14,20H,3-5,8-13,15H2,1-2H3. The summed E-state index contributed by atoms with van der Waals surface area (Å²) in [5.41, 5.74) is 5.03. The van der Waals surface area contributed by atoms with Crippen molar-refractivity contribution in [3.8, 4) is 0 Å². The average Bonchev–Trinajstić information content (AvgIpc) is 2.48. The number of hydrogen-bond acceptors (Lipinski definition) is 2. The quantitative estimate of drug-likeness (QED) is 0.902. The smallest absolute Gasteiger partial charge is 0.0399 e. The highest BCUT2D eigenvalue weighted by Crippen LogP contribution is 2.38. The van der Waals surface area contributed by atoms with Crippen molar-refractivity contribution >= 4 is 5.69 Å². The second kappa shape index (κ2) is 6.39. The van der Waals surface area contributed by atoms with Gasteiger partial charge in [-0.3, -0.25) is 0 Å². The molecule has 0 amide bonds. The van der Waals surface area contributed by atoms with Gasteiger partial charge in [0, 0.05) is 18.8 Å². The molecule has 0 aliphatic carbocycles. The molecule has 1 fully saturated rings. The zero-order valence-electron chi connectivity index (χ0n) is 13.8. The van der Waals surface area contributed by atoms with E-state index in [0.717, 1.165) is 0 Å². The maximum atomic E-state index is 3.54. The number of fused-ring (bicyclic) bond motifs is 1. The normalized spacial score (nSPS) is 21.1. The maximum absolute atomic E-state index is 3.54. The molecule has 21 heavy (non-hydrogen) atoms. The van der Waals surface area contributed by atoms with Gasteiger partial charge in [-0.15, -0.1) is 0 Å². The molecule has 0 unspecified atom stereocenters. The lowest BCUT2D eigenvalue weighted by Crippen LogP contribution is -2.46. The van der Waals surface area contributed by atoms with Crippen molar-refractivity contribution in [3.05, 3.63) is 29.3 Å². The van der Waals surface area contributed by atoms with Crippen LogP contribution in [0.1, 0.15) is 50.2 Å². The number of anilines is 1. The highest BCUT2D eigenvalue weighted by atomic mass is 15.1. The van der Waals surface area contributed by atoms with Gasteiger partial charge in [-0.2, -0.15) is 0 Å². The molecule has 2 nitrogen and oxygen atoms in total. The molecule has 1 aromatic rings. The first-order valence-electron chi connectivity index (χ1n) is 8.78. The molecule has 0 atom stereocenters. The van der Waals surface area contributed by atoms with Crippen LogP contribution in [0.4, 0.5) is 5.69 Å². The number of benzene rings is 1. The van der Waals surface area contributed by atoms with E-state index in [2.05, 4.69) is 42.3 Å². The molecule has 3 rings (SSSR count). The molecule has 0 bridgehead atoms. The highest BCUT2D eigenvalue weighted by molar-refractivity contribution is 5.56. The van der Waals surface area contributed by atoms with Gasteiger partial charge in [-0.1, -0.05) is 31.0 Å². The minimum absolute atomic E-state index is 0.541. The Balaban J connectivity index is 1.81. The molecule has 2 aliphatic heterocycles. The van der Waals surface area contributed by atoms with Crippen molar-refractivity contribution in [2.75, 3.05) is 31.1 Å². The topological polar surface area (TPSA) is 15.3 Å². The number of aryl methyl sites for hydroxylation is 2. The van der Waals surface area contributed by atoms with Crippen LogP contribution in [0, 0.1) is 12.3 Å². The number of hydrogen-bond donors (Lipinski definition) is 1. The molecule has 116 valence electrons. The number of nitrogens with zero attached hydrogens (tertiary/aromatic N) is 1. The Kier molecular flexibility index (Phi) is 4.54. The summed E-state index contributed by atoms with van der Waals surface area (Å²) in [7, 11) is 0. The van der Waals surface area contributed by atoms with Crippen molar-refractivity contribution in [2.24, 2.45) is 5.41 Å². The van der Waals surface area contributed by atoms with Crippen LogP contribution in [0.25, 0.3) is 0 Å². The van der Waals surface area contributed by atoms with Crippen LogP contribution in [0.15, 0.2) is 18.2 Å². The largest absolute Gasteiger partial charge is 0.371 e. The highest BCUT2D eigenvalue weighted by Gasteiger charge is 2.34. The minimum atomic E-state index is 0.541. The summed E-state index contributed by atoms with van der Waals surface area (Å²) in [5, 5.41) is 3.54. The first kappa shape index (κ1) is 14.9. The fourth-order valence-electron chi connectivity index (χ4n) is 4.35. The van der Waals surface area contributed by atoms with Crippen LogP contribution in [-0.4, -0.2) is 26.2 Å². The van der Waals surface area contributed by atoms with Gasteiger partial charge in [0.25, 0.3) is 0 Å². The Morgan fingerprint density at radius 1 is 1.24 bits per heavy atom. The van der Waals surface area contributed by atoms with Crippen LogP contribution in [0.3, 0.4) is 0 Å². The van der Waals surface area contributed by atoms with Gasteiger partial charge >= 0.3 is 0 Å². The Morgan fingerprint density at radius 2 is 2.05 bits per heavy atom. The summed E-state index contributed by atoms with van der Waals surface area (Å²) in [6.45, 7) is 9.47. The lowest BCUT2D eigenvalue weighted by Gasteiger charge is -2.44. The van der Waals surface area contributed by atoms with Gasteiger partial charge in [0.1, 0.15) is 0 Å². The van der Waals surface area contributed by atoms with Gasteiger partial charge < -0.3 is 10.2 Å². The lowest BCUT2D eigenvalue weighted by atomic mass is 9.74. The molecule has 2 aliphatic rings. The Morgan fingerprint density at radius 3 is 2.81 bits per heavy atom. The SMILES string of the molecule is CCCC1(CN2CCCc3cc(C)ccc32)CCNCC1. The predicted octanol–water partition coefficient (Wildman–Crippen LogP) is 3.92. The molecule has 1 saturated heterocycles. The maximum Gasteiger partial charge on any atom is 0.0399 e. The van der Waals surface area contributed by atoms with Crippen molar-refractivity contribution < 1.29 is 0 Å². The van der Waals surface area contributed by atoms with Gasteiger partial charge in [0.2, 0.25) is 0 Å². The molecule has 1 N–H and O–H groups in total. The second-order valence-electron chi connectivity index (χ2n) is 7.16. The fourth-order valence-corrected chi connectivity index (χ4v) is 4.35. The molecule has 0 aromatic heterocycles. The molecule has 2 heterocycles. The van der Waals surface area contributed by atoms with E-state index in [1.54, 1.807) is 5.56 Å². The Labute approximate surface area is 129 Å². The van der Waals surface area contributed by atoms with Gasteiger partial charge in [0.15, 0.2) is 0 Å². The van der Waals surface area contributed by atoms with Crippen LogP contribution < -0.4 is 10.2 Å². The summed E-state index contributed by atoms with van der Waals surface area (Å²) in [5.74, 6) is 0.